The van der Waals surface area contributed by atoms with Gasteiger partial charge in [0.25, 0.3) is 0 Å². The van der Waals surface area contributed by atoms with Crippen LogP contribution in [0, 0.1) is 0 Å². The molecular weight excluding hydrogens is 335 g/mol. The summed E-state index contributed by atoms with van der Waals surface area (Å²) in [5.74, 6) is 0. The normalized spacial score (nSPS) is 13.4. The summed E-state index contributed by atoms with van der Waals surface area (Å²) in [5.41, 5.74) is 0. The summed E-state index contributed by atoms with van der Waals surface area (Å²) in [7, 11) is 0. The average Bonchev–Trinajstić information content (AvgIpc) is 2.12. The summed E-state index contributed by atoms with van der Waals surface area (Å²) < 4.78 is 25.1. The zero-order valence-electron chi connectivity index (χ0n) is 15.1. The molecule has 0 amide bonds. The van der Waals surface area contributed by atoms with Gasteiger partial charge in [-0.1, -0.05) is 0 Å². The van der Waals surface area contributed by atoms with Gasteiger partial charge in [-0.15, -0.1) is 0 Å². The third-order valence-corrected chi connectivity index (χ3v) is 17.8. The molecule has 0 fully saturated rings. The van der Waals surface area contributed by atoms with E-state index >= 15 is 0 Å². The molecule has 0 rings (SSSR count). The topological polar surface area (TPSA) is 55.8 Å². The molecule has 0 unspecified atom stereocenters. The van der Waals surface area contributed by atoms with Crippen LogP contribution in [-0.4, -0.2) is 23.4 Å². The molecule has 1 N–H and O–H groups in total. The van der Waals surface area contributed by atoms with Gasteiger partial charge in [0, 0.05) is 6.10 Å². The van der Waals surface area contributed by atoms with Gasteiger partial charge in [-0.05, 0) is 13.8 Å². The van der Waals surface area contributed by atoms with Crippen molar-refractivity contribution in [1.29, 1.82) is 0 Å². The second kappa shape index (κ2) is 8.87. The SMILES string of the molecule is CC(C)O.CC(C)[O][Zr](=[O])([O]C(C)C)([CH](C)C)[CH](C)C. The molecule has 0 saturated heterocycles. The Hall–Kier alpha value is 0.563. The molecule has 5 heteroatoms. The molecule has 0 radical (unpaired) electrons. The van der Waals surface area contributed by atoms with E-state index in [9.17, 15) is 2.81 Å². The van der Waals surface area contributed by atoms with Crippen LogP contribution in [0.15, 0.2) is 0 Å². The van der Waals surface area contributed by atoms with Crippen molar-refractivity contribution >= 4 is 0 Å². The molecule has 0 aliphatic rings. The van der Waals surface area contributed by atoms with Gasteiger partial charge in [-0.25, -0.2) is 0 Å². The number of aliphatic hydroxyl groups excluding tert-OH is 1. The molecule has 4 nitrogen and oxygen atoms in total. The fourth-order valence-corrected chi connectivity index (χ4v) is 12.8. The van der Waals surface area contributed by atoms with Gasteiger partial charge in [-0.2, -0.15) is 0 Å². The van der Waals surface area contributed by atoms with Gasteiger partial charge in [0.2, 0.25) is 0 Å². The summed E-state index contributed by atoms with van der Waals surface area (Å²) >= 11 is -4.81. The molecule has 0 bridgehead atoms. The van der Waals surface area contributed by atoms with E-state index in [1.165, 1.54) is 0 Å². The molecule has 0 atom stereocenters. The predicted molar refractivity (Wildman–Crippen MR) is 80.7 cm³/mol. The van der Waals surface area contributed by atoms with E-state index in [4.69, 9.17) is 10.7 Å². The van der Waals surface area contributed by atoms with Gasteiger partial charge in [-0.3, -0.25) is 0 Å². The summed E-state index contributed by atoms with van der Waals surface area (Å²) in [6.45, 7) is 18.9. The fraction of sp³-hybridized carbons (Fsp3) is 1.00. The van der Waals surface area contributed by atoms with Crippen molar-refractivity contribution < 1.29 is 33.2 Å². The van der Waals surface area contributed by atoms with Crippen molar-refractivity contribution in [1.82, 2.24) is 0 Å². The van der Waals surface area contributed by atoms with Gasteiger partial charge >= 0.3 is 103 Å². The zero-order valence-corrected chi connectivity index (χ0v) is 17.5. The molecule has 124 valence electrons. The first-order chi connectivity index (χ1) is 8.76. The number of hydrogen-bond donors (Lipinski definition) is 1. The molecule has 0 aromatic carbocycles. The van der Waals surface area contributed by atoms with Gasteiger partial charge < -0.3 is 5.11 Å². The Balaban J connectivity index is 0. The Labute approximate surface area is 128 Å². The number of hydrogen-bond acceptors (Lipinski definition) is 4. The van der Waals surface area contributed by atoms with E-state index in [1.807, 2.05) is 55.4 Å². The summed E-state index contributed by atoms with van der Waals surface area (Å²) in [5, 5.41) is 8.06. The average molecular weight is 372 g/mol. The van der Waals surface area contributed by atoms with Crippen molar-refractivity contribution in [3.05, 3.63) is 0 Å². The Morgan fingerprint density at radius 1 is 0.700 bits per heavy atom. The minimum atomic E-state index is -4.81. The first-order valence-electron chi connectivity index (χ1n) is 7.69. The first-order valence-corrected chi connectivity index (χ1v) is 13.5. The Morgan fingerprint density at radius 2 is 0.900 bits per heavy atom. The van der Waals surface area contributed by atoms with E-state index in [1.54, 1.807) is 13.8 Å². The molecule has 0 aliphatic heterocycles. The monoisotopic (exact) mass is 370 g/mol. The van der Waals surface area contributed by atoms with Crippen LogP contribution in [0.3, 0.4) is 0 Å². The fourth-order valence-electron chi connectivity index (χ4n) is 2.17. The van der Waals surface area contributed by atoms with Crippen molar-refractivity contribution in [3.8, 4) is 0 Å². The second-order valence-electron chi connectivity index (χ2n) is 6.86. The maximum atomic E-state index is 13.5. The number of rotatable bonds is 6. The van der Waals surface area contributed by atoms with Crippen LogP contribution in [0.1, 0.15) is 69.2 Å². The minimum absolute atomic E-state index is 0.0498. The van der Waals surface area contributed by atoms with E-state index in [2.05, 4.69) is 0 Å². The maximum absolute atomic E-state index is 13.5. The third kappa shape index (κ3) is 7.02. The number of aliphatic hydroxyl groups is 1. The van der Waals surface area contributed by atoms with Gasteiger partial charge in [0.05, 0.1) is 0 Å². The van der Waals surface area contributed by atoms with E-state index in [0.29, 0.717) is 0 Å². The molecule has 20 heavy (non-hydrogen) atoms. The van der Waals surface area contributed by atoms with Crippen molar-refractivity contribution in [2.24, 2.45) is 0 Å². The van der Waals surface area contributed by atoms with Crippen LogP contribution in [-0.2, 0) is 28.1 Å². The van der Waals surface area contributed by atoms with Crippen molar-refractivity contribution in [2.45, 2.75) is 94.8 Å². The third-order valence-electron chi connectivity index (χ3n) is 3.02. The van der Waals surface area contributed by atoms with Gasteiger partial charge in [0.15, 0.2) is 0 Å². The van der Waals surface area contributed by atoms with Crippen molar-refractivity contribution in [3.63, 3.8) is 0 Å². The molecule has 0 aliphatic carbocycles. The predicted octanol–water partition coefficient (Wildman–Crippen LogP) is 4.75. The summed E-state index contributed by atoms with van der Waals surface area (Å²) in [6, 6.07) is 0. The Morgan fingerprint density at radius 3 is 1.00 bits per heavy atom. The quantitative estimate of drug-likeness (QED) is 0.732. The van der Waals surface area contributed by atoms with Crippen LogP contribution in [0.2, 0.25) is 7.25 Å². The van der Waals surface area contributed by atoms with E-state index in [0.717, 1.165) is 0 Å². The van der Waals surface area contributed by atoms with Crippen LogP contribution < -0.4 is 0 Å². The van der Waals surface area contributed by atoms with Gasteiger partial charge in [0.1, 0.15) is 0 Å². The first kappa shape index (κ1) is 22.8. The van der Waals surface area contributed by atoms with Crippen LogP contribution in [0.5, 0.6) is 0 Å². The van der Waals surface area contributed by atoms with Crippen molar-refractivity contribution in [2.75, 3.05) is 0 Å². The van der Waals surface area contributed by atoms with E-state index < -0.39 is 19.7 Å². The molecular formula is C15H36O4Zr. The molecule has 0 spiro atoms. The standard InChI is InChI=1S/C3H8O.2C3H7O.2C3H7.O.Zr/c3*1-3(2)4;2*1-3-2;;/h3-4H,1-2H3;2*3H,1-2H3;2*3H,1-2H3;;/q;2*-1;;;;+2. The summed E-state index contributed by atoms with van der Waals surface area (Å²) in [4.78, 5) is 0. The van der Waals surface area contributed by atoms with Crippen LogP contribution >= 0.6 is 0 Å². The Bertz CT molecular complexity index is 289. The van der Waals surface area contributed by atoms with Crippen LogP contribution in [0.4, 0.5) is 0 Å². The second-order valence-corrected chi connectivity index (χ2v) is 19.2. The molecule has 0 aromatic heterocycles. The molecule has 0 aromatic rings. The van der Waals surface area contributed by atoms with Crippen LogP contribution in [0.25, 0.3) is 0 Å². The van der Waals surface area contributed by atoms with E-state index in [-0.39, 0.29) is 25.6 Å². The molecule has 0 saturated carbocycles. The zero-order chi connectivity index (χ0) is 16.7. The summed E-state index contributed by atoms with van der Waals surface area (Å²) in [6.07, 6.45) is -0.293. The Kier molecular flexibility index (Phi) is 10.1. The molecule has 0 heterocycles.